The van der Waals surface area contributed by atoms with Crippen molar-refractivity contribution < 1.29 is 31.4 Å². The van der Waals surface area contributed by atoms with E-state index >= 15 is 0 Å². The smallest absolute Gasteiger partial charge is 0.243 e. The number of hydrogen-bond acceptors (Lipinski definition) is 8. The van der Waals surface area contributed by atoms with E-state index in [1.807, 2.05) is 30.3 Å². The Morgan fingerprint density at radius 2 is 1.75 bits per heavy atom. The SMILES string of the molecule is CCCCCNS(=O)(=O)c1cccc(OCC(O)CNC2COC3(CCN(S(=O)(=O)c4ccc5ccccc5c4)CC3)C2)c1. The Hall–Kier alpha value is -2.58. The Balaban J connectivity index is 1.06. The molecule has 3 aromatic rings. The van der Waals surface area contributed by atoms with Crippen LogP contribution in [0, 0.1) is 0 Å². The molecule has 0 amide bonds. The summed E-state index contributed by atoms with van der Waals surface area (Å²) in [5.74, 6) is 0.369. The molecule has 2 saturated heterocycles. The molecule has 2 fully saturated rings. The van der Waals surface area contributed by atoms with Gasteiger partial charge in [0.25, 0.3) is 0 Å². The van der Waals surface area contributed by atoms with E-state index in [9.17, 15) is 21.9 Å². The molecule has 44 heavy (non-hydrogen) atoms. The molecule has 0 aliphatic carbocycles. The Bertz CT molecular complexity index is 1620. The summed E-state index contributed by atoms with van der Waals surface area (Å²) in [5, 5.41) is 15.8. The Morgan fingerprint density at radius 3 is 2.52 bits per heavy atom. The maximum absolute atomic E-state index is 13.4. The molecular formula is C32H43N3O7S2. The van der Waals surface area contributed by atoms with Crippen molar-refractivity contribution in [2.24, 2.45) is 0 Å². The van der Waals surface area contributed by atoms with Gasteiger partial charge in [0.15, 0.2) is 0 Å². The molecule has 12 heteroatoms. The molecule has 5 rings (SSSR count). The number of ether oxygens (including phenoxy) is 2. The van der Waals surface area contributed by atoms with Crippen LogP contribution in [0.2, 0.25) is 0 Å². The molecule has 2 atom stereocenters. The summed E-state index contributed by atoms with van der Waals surface area (Å²) in [7, 11) is -7.23. The van der Waals surface area contributed by atoms with Crippen LogP contribution in [0.3, 0.4) is 0 Å². The third-order valence-electron chi connectivity index (χ3n) is 8.47. The van der Waals surface area contributed by atoms with Crippen LogP contribution in [0.5, 0.6) is 5.75 Å². The normalized spacial score (nSPS) is 19.8. The van der Waals surface area contributed by atoms with Gasteiger partial charge in [-0.2, -0.15) is 4.31 Å². The first-order valence-electron chi connectivity index (χ1n) is 15.4. The Morgan fingerprint density at radius 1 is 0.977 bits per heavy atom. The van der Waals surface area contributed by atoms with Crippen molar-refractivity contribution in [3.05, 3.63) is 66.7 Å². The summed E-state index contributed by atoms with van der Waals surface area (Å²) in [4.78, 5) is 0.436. The Kier molecular flexibility index (Phi) is 10.6. The van der Waals surface area contributed by atoms with Crippen molar-refractivity contribution in [1.29, 1.82) is 0 Å². The lowest BCUT2D eigenvalue weighted by Crippen LogP contribution is -2.47. The molecule has 3 N–H and O–H groups in total. The quantitative estimate of drug-likeness (QED) is 0.226. The number of fused-ring (bicyclic) bond motifs is 1. The molecule has 240 valence electrons. The van der Waals surface area contributed by atoms with Crippen LogP contribution in [-0.2, 0) is 24.8 Å². The van der Waals surface area contributed by atoms with Gasteiger partial charge in [0.2, 0.25) is 20.0 Å². The van der Waals surface area contributed by atoms with E-state index in [1.165, 1.54) is 12.1 Å². The molecule has 2 aliphatic rings. The second-order valence-corrected chi connectivity index (χ2v) is 15.5. The summed E-state index contributed by atoms with van der Waals surface area (Å²) in [5.41, 5.74) is -0.384. The molecule has 0 aromatic heterocycles. The highest BCUT2D eigenvalue weighted by Crippen LogP contribution is 2.37. The van der Waals surface area contributed by atoms with Crippen LogP contribution < -0.4 is 14.8 Å². The average molecular weight is 646 g/mol. The number of benzene rings is 3. The first-order chi connectivity index (χ1) is 21.1. The summed E-state index contributed by atoms with van der Waals surface area (Å²) >= 11 is 0. The van der Waals surface area contributed by atoms with Gasteiger partial charge in [0.05, 0.1) is 22.0 Å². The van der Waals surface area contributed by atoms with Crippen LogP contribution >= 0.6 is 0 Å². The molecule has 10 nitrogen and oxygen atoms in total. The van der Waals surface area contributed by atoms with E-state index in [1.54, 1.807) is 28.6 Å². The monoisotopic (exact) mass is 645 g/mol. The van der Waals surface area contributed by atoms with Gasteiger partial charge in [0, 0.05) is 38.3 Å². The number of nitrogens with zero attached hydrogens (tertiary/aromatic N) is 1. The maximum atomic E-state index is 13.4. The van der Waals surface area contributed by atoms with Crippen molar-refractivity contribution in [3.8, 4) is 5.75 Å². The molecule has 1 spiro atoms. The van der Waals surface area contributed by atoms with Crippen molar-refractivity contribution in [3.63, 3.8) is 0 Å². The number of aliphatic hydroxyl groups is 1. The van der Waals surface area contributed by atoms with Gasteiger partial charge in [-0.15, -0.1) is 0 Å². The first kappa shape index (κ1) is 32.8. The molecule has 0 radical (unpaired) electrons. The number of rotatable bonds is 14. The van der Waals surface area contributed by atoms with Gasteiger partial charge in [0.1, 0.15) is 18.5 Å². The van der Waals surface area contributed by atoms with Crippen molar-refractivity contribution in [2.45, 2.75) is 73.0 Å². The molecule has 0 bridgehead atoms. The zero-order valence-electron chi connectivity index (χ0n) is 25.2. The molecule has 2 heterocycles. The van der Waals surface area contributed by atoms with Crippen LogP contribution in [0.15, 0.2) is 76.5 Å². The summed E-state index contributed by atoms with van der Waals surface area (Å²) in [6.07, 6.45) is 3.89. The van der Waals surface area contributed by atoms with Gasteiger partial charge in [-0.3, -0.25) is 0 Å². The summed E-state index contributed by atoms with van der Waals surface area (Å²) in [6.45, 7) is 4.00. The van der Waals surface area contributed by atoms with Crippen LogP contribution in [0.4, 0.5) is 0 Å². The minimum atomic E-state index is -3.63. The molecular weight excluding hydrogens is 603 g/mol. The largest absolute Gasteiger partial charge is 0.491 e. The highest BCUT2D eigenvalue weighted by molar-refractivity contribution is 7.89. The van der Waals surface area contributed by atoms with Crippen molar-refractivity contribution >= 4 is 30.8 Å². The fraction of sp³-hybridized carbons (Fsp3) is 0.500. The number of piperidine rings is 1. The van der Waals surface area contributed by atoms with Gasteiger partial charge in [-0.05, 0) is 60.7 Å². The van der Waals surface area contributed by atoms with Crippen molar-refractivity contribution in [2.75, 3.05) is 39.4 Å². The predicted molar refractivity (Wildman–Crippen MR) is 170 cm³/mol. The van der Waals surface area contributed by atoms with Crippen LogP contribution in [0.25, 0.3) is 10.8 Å². The molecule has 2 unspecified atom stereocenters. The van der Waals surface area contributed by atoms with E-state index in [0.717, 1.165) is 36.5 Å². The summed E-state index contributed by atoms with van der Waals surface area (Å²) in [6, 6.07) is 19.3. The van der Waals surface area contributed by atoms with E-state index in [4.69, 9.17) is 9.47 Å². The van der Waals surface area contributed by atoms with Gasteiger partial charge in [-0.25, -0.2) is 21.6 Å². The minimum absolute atomic E-state index is 0.000735. The topological polar surface area (TPSA) is 134 Å². The number of nitrogens with one attached hydrogen (secondary N) is 2. The maximum Gasteiger partial charge on any atom is 0.243 e. The number of unbranched alkanes of at least 4 members (excludes halogenated alkanes) is 2. The molecule has 3 aromatic carbocycles. The zero-order chi connectivity index (χ0) is 31.2. The lowest BCUT2D eigenvalue weighted by atomic mass is 9.88. The summed E-state index contributed by atoms with van der Waals surface area (Å²) < 4.78 is 68.0. The highest BCUT2D eigenvalue weighted by Gasteiger charge is 2.44. The standard InChI is InChI=1S/C32H43N3O7S2/c1-2-3-6-16-34-43(37,38)30-11-7-10-29(20-30)41-24-28(36)22-33-27-21-32(42-23-27)14-17-35(18-15-32)44(39,40)31-13-12-25-8-4-5-9-26(25)19-31/h4-5,7-13,19-20,27-28,33-34,36H,2-3,6,14-18,21-24H2,1H3. The third kappa shape index (κ3) is 7.97. The lowest BCUT2D eigenvalue weighted by molar-refractivity contribution is -0.0312. The van der Waals surface area contributed by atoms with E-state index < -0.39 is 26.2 Å². The number of aliphatic hydroxyl groups excluding tert-OH is 1. The fourth-order valence-corrected chi connectivity index (χ4v) is 8.47. The molecule has 0 saturated carbocycles. The second-order valence-electron chi connectivity index (χ2n) is 11.8. The Labute approximate surface area is 260 Å². The first-order valence-corrected chi connectivity index (χ1v) is 18.3. The van der Waals surface area contributed by atoms with Gasteiger partial charge >= 0.3 is 0 Å². The fourth-order valence-electron chi connectivity index (χ4n) is 5.88. The highest BCUT2D eigenvalue weighted by atomic mass is 32.2. The third-order valence-corrected chi connectivity index (χ3v) is 11.8. The number of hydrogen-bond donors (Lipinski definition) is 3. The number of sulfonamides is 2. The second kappa shape index (κ2) is 14.2. The zero-order valence-corrected chi connectivity index (χ0v) is 26.8. The van der Waals surface area contributed by atoms with E-state index in [2.05, 4.69) is 17.0 Å². The van der Waals surface area contributed by atoms with Crippen LogP contribution in [0.1, 0.15) is 45.4 Å². The minimum Gasteiger partial charge on any atom is -0.491 e. The predicted octanol–water partition coefficient (Wildman–Crippen LogP) is 3.65. The van der Waals surface area contributed by atoms with E-state index in [-0.39, 0.29) is 29.7 Å². The van der Waals surface area contributed by atoms with E-state index in [0.29, 0.717) is 49.7 Å². The molecule has 2 aliphatic heterocycles. The lowest BCUT2D eigenvalue weighted by Gasteiger charge is -2.38. The van der Waals surface area contributed by atoms with Crippen LogP contribution in [-0.4, -0.2) is 83.4 Å². The van der Waals surface area contributed by atoms with Gasteiger partial charge < -0.3 is 19.9 Å². The van der Waals surface area contributed by atoms with Gasteiger partial charge in [-0.1, -0.05) is 56.2 Å². The average Bonchev–Trinajstić information content (AvgIpc) is 3.43. The van der Waals surface area contributed by atoms with Crippen molar-refractivity contribution in [1.82, 2.24) is 14.3 Å².